The zero-order chi connectivity index (χ0) is 12.3. The van der Waals surface area contributed by atoms with Gasteiger partial charge in [0, 0.05) is 24.9 Å². The van der Waals surface area contributed by atoms with E-state index < -0.39 is 6.10 Å². The molecule has 1 unspecified atom stereocenters. The molecule has 0 saturated heterocycles. The molecule has 2 heterocycles. The monoisotopic (exact) mass is 232 g/mol. The Morgan fingerprint density at radius 1 is 1.29 bits per heavy atom. The fraction of sp³-hybridized carbons (Fsp3) is 0.417. The van der Waals surface area contributed by atoms with Gasteiger partial charge in [-0.05, 0) is 31.5 Å². The highest BCUT2D eigenvalue weighted by Gasteiger charge is 2.14. The lowest BCUT2D eigenvalue weighted by Gasteiger charge is -2.13. The Labute approximate surface area is 100 Å². The van der Waals surface area contributed by atoms with Gasteiger partial charge in [-0.25, -0.2) is 9.67 Å². The fourth-order valence-electron chi connectivity index (χ4n) is 1.73. The number of aromatic nitrogens is 4. The minimum atomic E-state index is -0.570. The van der Waals surface area contributed by atoms with Crippen molar-refractivity contribution in [1.29, 1.82) is 0 Å². The Kier molecular flexibility index (Phi) is 3.49. The van der Waals surface area contributed by atoms with Gasteiger partial charge in [-0.3, -0.25) is 4.98 Å². The predicted molar refractivity (Wildman–Crippen MR) is 63.3 cm³/mol. The molecule has 5 nitrogen and oxygen atoms in total. The molecule has 2 rings (SSSR count). The zero-order valence-corrected chi connectivity index (χ0v) is 9.98. The van der Waals surface area contributed by atoms with Gasteiger partial charge in [-0.15, -0.1) is 0 Å². The number of pyridine rings is 1. The van der Waals surface area contributed by atoms with Crippen molar-refractivity contribution in [2.75, 3.05) is 0 Å². The van der Waals surface area contributed by atoms with Crippen LogP contribution < -0.4 is 0 Å². The van der Waals surface area contributed by atoms with Crippen molar-refractivity contribution in [1.82, 2.24) is 19.7 Å². The minimum absolute atomic E-state index is 0.247. The van der Waals surface area contributed by atoms with Gasteiger partial charge >= 0.3 is 0 Å². The third kappa shape index (κ3) is 2.68. The number of aliphatic hydroxyl groups excluding tert-OH is 1. The van der Waals surface area contributed by atoms with Gasteiger partial charge in [0.2, 0.25) is 0 Å². The average Bonchev–Trinajstić information content (AvgIpc) is 2.78. The Morgan fingerprint density at radius 2 is 2.00 bits per heavy atom. The zero-order valence-electron chi connectivity index (χ0n) is 9.98. The van der Waals surface area contributed by atoms with Gasteiger partial charge in [0.25, 0.3) is 0 Å². The summed E-state index contributed by atoms with van der Waals surface area (Å²) in [6, 6.07) is 3.86. The molecule has 0 aromatic carbocycles. The summed E-state index contributed by atoms with van der Waals surface area (Å²) >= 11 is 0. The maximum Gasteiger partial charge on any atom is 0.138 e. The van der Waals surface area contributed by atoms with Crippen LogP contribution in [-0.4, -0.2) is 24.9 Å². The lowest BCUT2D eigenvalue weighted by Crippen LogP contribution is -2.12. The van der Waals surface area contributed by atoms with Crippen LogP contribution in [0.4, 0.5) is 0 Å². The van der Waals surface area contributed by atoms with Crippen LogP contribution in [0.3, 0.4) is 0 Å². The summed E-state index contributed by atoms with van der Waals surface area (Å²) in [7, 11) is 0. The van der Waals surface area contributed by atoms with Gasteiger partial charge in [0.15, 0.2) is 0 Å². The van der Waals surface area contributed by atoms with E-state index in [1.165, 1.54) is 6.33 Å². The van der Waals surface area contributed by atoms with Crippen molar-refractivity contribution >= 4 is 0 Å². The molecule has 5 heteroatoms. The summed E-state index contributed by atoms with van der Waals surface area (Å²) in [6.45, 7) is 4.08. The summed E-state index contributed by atoms with van der Waals surface area (Å²) in [5.41, 5.74) is 0.846. The van der Waals surface area contributed by atoms with Crippen LogP contribution in [0.1, 0.15) is 37.4 Å². The SMILES string of the molecule is CC(C)n1ncnc1CC(O)c1ccncc1. The van der Waals surface area contributed by atoms with Crippen molar-refractivity contribution in [2.45, 2.75) is 32.4 Å². The largest absolute Gasteiger partial charge is 0.388 e. The first kappa shape index (κ1) is 11.7. The first-order chi connectivity index (χ1) is 8.18. The van der Waals surface area contributed by atoms with Crippen LogP contribution in [0.5, 0.6) is 0 Å². The van der Waals surface area contributed by atoms with E-state index >= 15 is 0 Å². The van der Waals surface area contributed by atoms with Crippen molar-refractivity contribution in [3.63, 3.8) is 0 Å². The van der Waals surface area contributed by atoms with E-state index in [1.807, 2.05) is 18.5 Å². The second kappa shape index (κ2) is 5.05. The molecule has 0 spiro atoms. The Bertz CT molecular complexity index is 466. The molecule has 0 fully saturated rings. The molecule has 2 aromatic rings. The molecule has 1 N–H and O–H groups in total. The van der Waals surface area contributed by atoms with Gasteiger partial charge < -0.3 is 5.11 Å². The van der Waals surface area contributed by atoms with E-state index in [1.54, 1.807) is 24.5 Å². The lowest BCUT2D eigenvalue weighted by molar-refractivity contribution is 0.173. The average molecular weight is 232 g/mol. The Morgan fingerprint density at radius 3 is 2.65 bits per heavy atom. The molecular weight excluding hydrogens is 216 g/mol. The first-order valence-electron chi connectivity index (χ1n) is 5.65. The normalized spacial score (nSPS) is 12.9. The number of rotatable bonds is 4. The molecule has 0 aliphatic heterocycles. The Balaban J connectivity index is 2.13. The van der Waals surface area contributed by atoms with Crippen LogP contribution in [0.2, 0.25) is 0 Å². The number of hydrogen-bond donors (Lipinski definition) is 1. The number of aliphatic hydroxyl groups is 1. The maximum absolute atomic E-state index is 10.1. The van der Waals surface area contributed by atoms with Crippen LogP contribution in [-0.2, 0) is 6.42 Å². The maximum atomic E-state index is 10.1. The molecule has 0 aliphatic rings. The molecule has 0 aliphatic carbocycles. The molecule has 0 saturated carbocycles. The number of hydrogen-bond acceptors (Lipinski definition) is 4. The molecule has 1 atom stereocenters. The fourth-order valence-corrected chi connectivity index (χ4v) is 1.73. The van der Waals surface area contributed by atoms with E-state index in [2.05, 4.69) is 15.1 Å². The topological polar surface area (TPSA) is 63.8 Å². The van der Waals surface area contributed by atoms with Crippen molar-refractivity contribution in [3.05, 3.63) is 42.2 Å². The van der Waals surface area contributed by atoms with Crippen LogP contribution in [0.15, 0.2) is 30.9 Å². The van der Waals surface area contributed by atoms with E-state index in [0.717, 1.165) is 11.4 Å². The van der Waals surface area contributed by atoms with E-state index in [9.17, 15) is 5.11 Å². The lowest BCUT2D eigenvalue weighted by atomic mass is 10.1. The van der Waals surface area contributed by atoms with Crippen molar-refractivity contribution in [3.8, 4) is 0 Å². The highest BCUT2D eigenvalue weighted by Crippen LogP contribution is 2.17. The minimum Gasteiger partial charge on any atom is -0.388 e. The second-order valence-electron chi connectivity index (χ2n) is 4.22. The quantitative estimate of drug-likeness (QED) is 0.868. The predicted octanol–water partition coefficient (Wildman–Crippen LogP) is 1.53. The van der Waals surface area contributed by atoms with Gasteiger partial charge in [-0.2, -0.15) is 5.10 Å². The molecular formula is C12H16N4O. The van der Waals surface area contributed by atoms with E-state index in [-0.39, 0.29) is 6.04 Å². The Hall–Kier alpha value is -1.75. The molecule has 0 radical (unpaired) electrons. The molecule has 0 amide bonds. The first-order valence-corrected chi connectivity index (χ1v) is 5.65. The summed E-state index contributed by atoms with van der Waals surface area (Å²) in [5.74, 6) is 0.796. The summed E-state index contributed by atoms with van der Waals surface area (Å²) in [5, 5.41) is 14.2. The summed E-state index contributed by atoms with van der Waals surface area (Å²) in [6.07, 6.45) is 4.76. The van der Waals surface area contributed by atoms with Crippen LogP contribution in [0.25, 0.3) is 0 Å². The third-order valence-electron chi connectivity index (χ3n) is 2.60. The second-order valence-corrected chi connectivity index (χ2v) is 4.22. The molecule has 90 valence electrons. The summed E-state index contributed by atoms with van der Waals surface area (Å²) in [4.78, 5) is 8.11. The third-order valence-corrected chi connectivity index (χ3v) is 2.60. The van der Waals surface area contributed by atoms with Crippen molar-refractivity contribution in [2.24, 2.45) is 0 Å². The summed E-state index contributed by atoms with van der Waals surface area (Å²) < 4.78 is 1.82. The highest BCUT2D eigenvalue weighted by molar-refractivity contribution is 5.14. The smallest absolute Gasteiger partial charge is 0.138 e. The van der Waals surface area contributed by atoms with Crippen LogP contribution >= 0.6 is 0 Å². The molecule has 17 heavy (non-hydrogen) atoms. The van der Waals surface area contributed by atoms with Gasteiger partial charge in [0.05, 0.1) is 6.10 Å². The van der Waals surface area contributed by atoms with Crippen LogP contribution in [0, 0.1) is 0 Å². The van der Waals surface area contributed by atoms with Gasteiger partial charge in [0.1, 0.15) is 12.2 Å². The van der Waals surface area contributed by atoms with Gasteiger partial charge in [-0.1, -0.05) is 0 Å². The molecule has 0 bridgehead atoms. The van der Waals surface area contributed by atoms with Crippen molar-refractivity contribution < 1.29 is 5.11 Å². The highest BCUT2D eigenvalue weighted by atomic mass is 16.3. The standard InChI is InChI=1S/C12H16N4O/c1-9(2)16-12(14-8-15-16)7-11(17)10-3-5-13-6-4-10/h3-6,8-9,11,17H,7H2,1-2H3. The molecule has 2 aromatic heterocycles. The van der Waals surface area contributed by atoms with E-state index in [0.29, 0.717) is 6.42 Å². The van der Waals surface area contributed by atoms with E-state index in [4.69, 9.17) is 0 Å². The number of nitrogens with zero attached hydrogens (tertiary/aromatic N) is 4.